The molecule has 8 heteroatoms. The summed E-state index contributed by atoms with van der Waals surface area (Å²) in [6, 6.07) is 6.59. The van der Waals surface area contributed by atoms with Crippen molar-refractivity contribution in [2.75, 3.05) is 11.7 Å². The number of aromatic nitrogens is 2. The molecule has 0 fully saturated rings. The lowest BCUT2D eigenvalue weighted by atomic mass is 10.4. The van der Waals surface area contributed by atoms with Gasteiger partial charge in [-0.1, -0.05) is 11.8 Å². The first-order chi connectivity index (χ1) is 8.99. The zero-order chi connectivity index (χ0) is 13.9. The maximum Gasteiger partial charge on any atom is 0.175 e. The van der Waals surface area contributed by atoms with Crippen LogP contribution in [0, 0.1) is 0 Å². The summed E-state index contributed by atoms with van der Waals surface area (Å²) in [4.78, 5) is 9.35. The fourth-order valence-electron chi connectivity index (χ4n) is 1.34. The normalized spacial score (nSPS) is 11.3. The summed E-state index contributed by atoms with van der Waals surface area (Å²) in [6.45, 7) is 0. The van der Waals surface area contributed by atoms with Crippen LogP contribution in [-0.4, -0.2) is 24.6 Å². The quantitative estimate of drug-likeness (QED) is 0.648. The van der Waals surface area contributed by atoms with Gasteiger partial charge in [-0.2, -0.15) is 0 Å². The summed E-state index contributed by atoms with van der Waals surface area (Å²) < 4.78 is 22.7. The van der Waals surface area contributed by atoms with Gasteiger partial charge in [0.1, 0.15) is 5.03 Å². The van der Waals surface area contributed by atoms with Crippen LogP contribution in [0.2, 0.25) is 0 Å². The Balaban J connectivity index is 2.19. The smallest absolute Gasteiger partial charge is 0.175 e. The minimum absolute atomic E-state index is 0.292. The van der Waals surface area contributed by atoms with Crippen LogP contribution in [0.4, 0.5) is 5.82 Å². The molecule has 1 heterocycles. The van der Waals surface area contributed by atoms with Crippen molar-refractivity contribution in [3.63, 3.8) is 0 Å². The average Bonchev–Trinajstić information content (AvgIpc) is 2.38. The van der Waals surface area contributed by atoms with E-state index in [1.807, 2.05) is 0 Å². The number of nitrogens with two attached hydrogens (primary N) is 1. The van der Waals surface area contributed by atoms with Crippen molar-refractivity contribution >= 4 is 27.4 Å². The highest BCUT2D eigenvalue weighted by molar-refractivity contribution is 7.99. The monoisotopic (exact) mass is 296 g/mol. The van der Waals surface area contributed by atoms with Crippen molar-refractivity contribution in [1.29, 1.82) is 0 Å². The van der Waals surface area contributed by atoms with Gasteiger partial charge in [0, 0.05) is 11.2 Å². The molecule has 0 spiro atoms. The number of hydrogen-bond donors (Lipinski definition) is 2. The molecule has 100 valence electrons. The fraction of sp³-hybridized carbons (Fsp3) is 0.0909. The average molecular weight is 296 g/mol. The summed E-state index contributed by atoms with van der Waals surface area (Å²) in [7, 11) is -3.17. The predicted molar refractivity (Wildman–Crippen MR) is 73.5 cm³/mol. The summed E-state index contributed by atoms with van der Waals surface area (Å²) in [5.74, 6) is 5.72. The van der Waals surface area contributed by atoms with Crippen LogP contribution in [-0.2, 0) is 9.84 Å². The van der Waals surface area contributed by atoms with Crippen LogP contribution in [0.25, 0.3) is 0 Å². The van der Waals surface area contributed by atoms with Crippen molar-refractivity contribution in [3.05, 3.63) is 36.7 Å². The molecule has 19 heavy (non-hydrogen) atoms. The van der Waals surface area contributed by atoms with E-state index >= 15 is 0 Å². The van der Waals surface area contributed by atoms with E-state index in [4.69, 9.17) is 5.84 Å². The minimum Gasteiger partial charge on any atom is -0.307 e. The van der Waals surface area contributed by atoms with Gasteiger partial charge in [-0.25, -0.2) is 19.2 Å². The summed E-state index contributed by atoms with van der Waals surface area (Å²) in [6.07, 6.45) is 4.30. The van der Waals surface area contributed by atoms with Gasteiger partial charge in [-0.3, -0.25) is 4.98 Å². The Labute approximate surface area is 115 Å². The third kappa shape index (κ3) is 3.66. The number of sulfone groups is 1. The number of nitrogens with zero attached hydrogens (tertiary/aromatic N) is 2. The molecular formula is C11H12N4O2S2. The lowest BCUT2D eigenvalue weighted by Gasteiger charge is -2.04. The first-order valence-electron chi connectivity index (χ1n) is 5.25. The Morgan fingerprint density at radius 2 is 1.89 bits per heavy atom. The molecule has 1 aromatic heterocycles. The van der Waals surface area contributed by atoms with E-state index < -0.39 is 9.84 Å². The van der Waals surface area contributed by atoms with E-state index in [-0.39, 0.29) is 0 Å². The largest absolute Gasteiger partial charge is 0.307 e. The summed E-state index contributed by atoms with van der Waals surface area (Å²) in [5.41, 5.74) is 2.42. The van der Waals surface area contributed by atoms with Crippen LogP contribution in [0.5, 0.6) is 0 Å². The first kappa shape index (κ1) is 13.8. The predicted octanol–water partition coefficient (Wildman–Crippen LogP) is 1.32. The number of hydrogen-bond acceptors (Lipinski definition) is 7. The van der Waals surface area contributed by atoms with Gasteiger partial charge in [-0.15, -0.1) is 0 Å². The molecule has 0 amide bonds. The number of anilines is 1. The van der Waals surface area contributed by atoms with E-state index in [2.05, 4.69) is 15.4 Å². The summed E-state index contributed by atoms with van der Waals surface area (Å²) in [5, 5.41) is 0.669. The third-order valence-electron chi connectivity index (χ3n) is 2.23. The molecule has 1 aromatic carbocycles. The third-order valence-corrected chi connectivity index (χ3v) is 4.28. The molecule has 0 aliphatic heterocycles. The Morgan fingerprint density at radius 1 is 1.21 bits per heavy atom. The molecule has 0 saturated carbocycles. The van der Waals surface area contributed by atoms with Crippen molar-refractivity contribution in [1.82, 2.24) is 9.97 Å². The van der Waals surface area contributed by atoms with Crippen LogP contribution >= 0.6 is 11.8 Å². The minimum atomic E-state index is -3.17. The molecule has 2 rings (SSSR count). The van der Waals surface area contributed by atoms with Crippen molar-refractivity contribution < 1.29 is 8.42 Å². The lowest BCUT2D eigenvalue weighted by molar-refractivity contribution is 0.602. The molecular weight excluding hydrogens is 284 g/mol. The van der Waals surface area contributed by atoms with Gasteiger partial charge in [0.25, 0.3) is 0 Å². The maximum absolute atomic E-state index is 11.3. The Bertz CT molecular complexity index is 671. The highest BCUT2D eigenvalue weighted by Crippen LogP contribution is 2.26. The zero-order valence-corrected chi connectivity index (χ0v) is 11.7. The second-order valence-electron chi connectivity index (χ2n) is 3.73. The lowest BCUT2D eigenvalue weighted by Crippen LogP contribution is -2.08. The number of benzene rings is 1. The molecule has 6 nitrogen and oxygen atoms in total. The molecule has 0 aliphatic carbocycles. The van der Waals surface area contributed by atoms with Gasteiger partial charge in [0.05, 0.1) is 17.3 Å². The standard InChI is InChI=1S/C11H12N4O2S2/c1-19(16,17)9-4-2-8(3-5-9)18-11-7-13-6-10(14-11)15-12/h2-7H,12H2,1H3,(H,14,15). The van der Waals surface area contributed by atoms with E-state index in [1.54, 1.807) is 30.5 Å². The SMILES string of the molecule is CS(=O)(=O)c1ccc(Sc2cncc(NN)n2)cc1. The second-order valence-corrected chi connectivity index (χ2v) is 6.84. The molecule has 2 aromatic rings. The van der Waals surface area contributed by atoms with Gasteiger partial charge in [0.15, 0.2) is 15.7 Å². The van der Waals surface area contributed by atoms with Crippen LogP contribution < -0.4 is 11.3 Å². The Hall–Kier alpha value is -1.64. The van der Waals surface area contributed by atoms with E-state index in [1.165, 1.54) is 24.2 Å². The number of hydrazine groups is 1. The van der Waals surface area contributed by atoms with Gasteiger partial charge in [0.2, 0.25) is 0 Å². The molecule has 0 radical (unpaired) electrons. The van der Waals surface area contributed by atoms with Gasteiger partial charge < -0.3 is 5.43 Å². The molecule has 0 saturated heterocycles. The molecule has 3 N–H and O–H groups in total. The van der Waals surface area contributed by atoms with Gasteiger partial charge >= 0.3 is 0 Å². The van der Waals surface area contributed by atoms with Crippen LogP contribution in [0.3, 0.4) is 0 Å². The highest BCUT2D eigenvalue weighted by Gasteiger charge is 2.07. The second kappa shape index (κ2) is 5.55. The van der Waals surface area contributed by atoms with E-state index in [0.717, 1.165) is 4.90 Å². The number of rotatable bonds is 4. The van der Waals surface area contributed by atoms with Crippen molar-refractivity contribution in [2.24, 2.45) is 5.84 Å². The van der Waals surface area contributed by atoms with Crippen molar-refractivity contribution in [2.45, 2.75) is 14.8 Å². The molecule has 0 atom stereocenters. The van der Waals surface area contributed by atoms with Crippen molar-refractivity contribution in [3.8, 4) is 0 Å². The molecule has 0 aliphatic rings. The Kier molecular flexibility index (Phi) is 4.03. The molecule has 0 unspecified atom stereocenters. The summed E-state index contributed by atoms with van der Waals surface area (Å²) >= 11 is 1.37. The van der Waals surface area contributed by atoms with E-state index in [9.17, 15) is 8.42 Å². The zero-order valence-electron chi connectivity index (χ0n) is 10.1. The highest BCUT2D eigenvalue weighted by atomic mass is 32.2. The Morgan fingerprint density at radius 3 is 2.47 bits per heavy atom. The number of nitrogen functional groups attached to an aromatic ring is 1. The fourth-order valence-corrected chi connectivity index (χ4v) is 2.74. The van der Waals surface area contributed by atoms with E-state index in [0.29, 0.717) is 15.7 Å². The topological polar surface area (TPSA) is 98.0 Å². The maximum atomic E-state index is 11.3. The number of nitrogens with one attached hydrogen (secondary N) is 1. The first-order valence-corrected chi connectivity index (χ1v) is 7.96. The van der Waals surface area contributed by atoms with Crippen LogP contribution in [0.1, 0.15) is 0 Å². The van der Waals surface area contributed by atoms with Gasteiger partial charge in [-0.05, 0) is 24.3 Å². The molecule has 0 bridgehead atoms. The van der Waals surface area contributed by atoms with Crippen LogP contribution in [0.15, 0.2) is 51.5 Å².